The summed E-state index contributed by atoms with van der Waals surface area (Å²) in [5.41, 5.74) is 9.81. The molecule has 1 aliphatic carbocycles. The molecule has 2 N–H and O–H groups in total. The molecule has 2 fully saturated rings. The number of amides is 1. The summed E-state index contributed by atoms with van der Waals surface area (Å²) in [6.07, 6.45) is 6.88. The van der Waals surface area contributed by atoms with Crippen LogP contribution in [0.2, 0.25) is 0 Å². The van der Waals surface area contributed by atoms with E-state index in [2.05, 4.69) is 4.99 Å². The van der Waals surface area contributed by atoms with Crippen LogP contribution in [0, 0.1) is 0 Å². The van der Waals surface area contributed by atoms with Crippen LogP contribution in [-0.4, -0.2) is 70.8 Å². The summed E-state index contributed by atoms with van der Waals surface area (Å²) >= 11 is 0. The van der Waals surface area contributed by atoms with E-state index in [1.54, 1.807) is 32.6 Å². The molecule has 2 aromatic heterocycles. The van der Waals surface area contributed by atoms with Gasteiger partial charge in [0.2, 0.25) is 0 Å². The van der Waals surface area contributed by atoms with E-state index < -0.39 is 5.60 Å². The van der Waals surface area contributed by atoms with Crippen LogP contribution in [0.3, 0.4) is 0 Å². The van der Waals surface area contributed by atoms with Crippen LogP contribution in [0.25, 0.3) is 22.3 Å². The number of piperidine rings is 1. The fourth-order valence-electron chi connectivity index (χ4n) is 5.22. The zero-order valence-electron chi connectivity index (χ0n) is 23.2. The van der Waals surface area contributed by atoms with Crippen molar-refractivity contribution in [3.63, 3.8) is 0 Å². The predicted molar refractivity (Wildman–Crippen MR) is 150 cm³/mol. The van der Waals surface area contributed by atoms with E-state index in [-0.39, 0.29) is 24.3 Å². The fraction of sp³-hybridized carbons (Fsp3) is 0.483. The monoisotopic (exact) mass is 532 g/mol. The van der Waals surface area contributed by atoms with Crippen molar-refractivity contribution in [3.8, 4) is 17.0 Å². The molecule has 3 heterocycles. The smallest absolute Gasteiger partial charge is 0.410 e. The molecule has 1 aromatic carbocycles. The highest BCUT2D eigenvalue weighted by Crippen LogP contribution is 2.52. The Morgan fingerprint density at radius 2 is 2.03 bits per heavy atom. The topological polar surface area (TPSA) is 125 Å². The second-order valence-electron chi connectivity index (χ2n) is 11.3. The minimum atomic E-state index is -0.508. The van der Waals surface area contributed by atoms with Gasteiger partial charge in [0, 0.05) is 61.3 Å². The lowest BCUT2D eigenvalue weighted by Gasteiger charge is -2.40. The molecule has 1 atom stereocenters. The van der Waals surface area contributed by atoms with E-state index in [1.807, 2.05) is 43.9 Å². The standard InChI is InChI=1S/C29H36N6O4/c1-28(2,3)39-27(36)35-11-8-18(14-29(35)9-10-29)26-32-16-24-23(34-26)7-6-22(33-24)20-12-19(15-31-4)21(30)13-25(20)38-17-37-5/h6-7,12-13,15-16,18H,8-11,14,17,30H2,1-5H3. The summed E-state index contributed by atoms with van der Waals surface area (Å²) in [5.74, 6) is 1.54. The zero-order chi connectivity index (χ0) is 27.8. The summed E-state index contributed by atoms with van der Waals surface area (Å²) in [6, 6.07) is 7.54. The van der Waals surface area contributed by atoms with Crippen LogP contribution in [0.15, 0.2) is 35.5 Å². The van der Waals surface area contributed by atoms with E-state index in [4.69, 9.17) is 34.9 Å². The van der Waals surface area contributed by atoms with E-state index in [0.717, 1.165) is 48.2 Å². The quantitative estimate of drug-likeness (QED) is 0.268. The SMILES string of the molecule is CN=Cc1cc(-c2ccc3nc(C4CCN(C(=O)OC(C)(C)C)C5(CC5)C4)ncc3n2)c(OCOC)cc1N. The Hall–Kier alpha value is -3.79. The lowest BCUT2D eigenvalue weighted by molar-refractivity contribution is 0.00340. The number of benzene rings is 1. The largest absolute Gasteiger partial charge is 0.467 e. The first-order valence-corrected chi connectivity index (χ1v) is 13.2. The van der Waals surface area contributed by atoms with Crippen molar-refractivity contribution in [2.75, 3.05) is 33.2 Å². The van der Waals surface area contributed by atoms with Gasteiger partial charge < -0.3 is 24.8 Å². The summed E-state index contributed by atoms with van der Waals surface area (Å²) in [6.45, 7) is 6.43. The van der Waals surface area contributed by atoms with E-state index in [9.17, 15) is 4.79 Å². The van der Waals surface area contributed by atoms with E-state index >= 15 is 0 Å². The number of rotatable bonds is 6. The van der Waals surface area contributed by atoms with Crippen LogP contribution in [0.5, 0.6) is 5.75 Å². The summed E-state index contributed by atoms with van der Waals surface area (Å²) in [7, 11) is 3.26. The Kier molecular flexibility index (Phi) is 7.15. The molecule has 39 heavy (non-hydrogen) atoms. The zero-order valence-corrected chi connectivity index (χ0v) is 23.2. The molecule has 10 heteroatoms. The van der Waals surface area contributed by atoms with Gasteiger partial charge in [-0.05, 0) is 64.7 Å². The van der Waals surface area contributed by atoms with Crippen molar-refractivity contribution in [2.24, 2.45) is 4.99 Å². The number of nitrogens with zero attached hydrogens (tertiary/aromatic N) is 5. The van der Waals surface area contributed by atoms with Crippen LogP contribution >= 0.6 is 0 Å². The van der Waals surface area contributed by atoms with Gasteiger partial charge in [-0.25, -0.2) is 19.7 Å². The number of pyridine rings is 1. The number of fused-ring (bicyclic) bond motifs is 1. The number of carbonyl (C=O) groups excluding carboxylic acids is 1. The molecular weight excluding hydrogens is 496 g/mol. The van der Waals surface area contributed by atoms with Crippen molar-refractivity contribution < 1.29 is 19.0 Å². The third-order valence-electron chi connectivity index (χ3n) is 7.22. The van der Waals surface area contributed by atoms with Crippen LogP contribution in [-0.2, 0) is 9.47 Å². The maximum atomic E-state index is 12.8. The molecule has 1 spiro atoms. The molecule has 2 aliphatic rings. The number of anilines is 1. The molecular formula is C29H36N6O4. The highest BCUT2D eigenvalue weighted by molar-refractivity contribution is 5.91. The molecule has 206 valence electrons. The third-order valence-corrected chi connectivity index (χ3v) is 7.22. The molecule has 1 saturated carbocycles. The Labute approximate surface area is 228 Å². The van der Waals surface area contributed by atoms with Gasteiger partial charge in [0.1, 0.15) is 22.7 Å². The normalized spacial score (nSPS) is 18.6. The number of hydrogen-bond acceptors (Lipinski definition) is 9. The number of nitrogen functional groups attached to an aromatic ring is 1. The molecule has 1 aliphatic heterocycles. The number of carbonyl (C=O) groups is 1. The van der Waals surface area contributed by atoms with Gasteiger partial charge in [0.05, 0.1) is 17.4 Å². The lowest BCUT2D eigenvalue weighted by Crippen LogP contribution is -2.49. The highest BCUT2D eigenvalue weighted by atomic mass is 16.7. The van der Waals surface area contributed by atoms with Crippen molar-refractivity contribution in [2.45, 2.75) is 63.5 Å². The van der Waals surface area contributed by atoms with Gasteiger partial charge in [-0.2, -0.15) is 0 Å². The summed E-state index contributed by atoms with van der Waals surface area (Å²) < 4.78 is 16.6. The Balaban J connectivity index is 1.40. The molecule has 3 aromatic rings. The molecule has 1 amide bonds. The maximum absolute atomic E-state index is 12.8. The Morgan fingerprint density at radius 3 is 2.72 bits per heavy atom. The molecule has 0 bridgehead atoms. The number of nitrogens with two attached hydrogens (primary N) is 1. The number of aromatic nitrogens is 3. The fourth-order valence-corrected chi connectivity index (χ4v) is 5.22. The average molecular weight is 533 g/mol. The van der Waals surface area contributed by atoms with Gasteiger partial charge in [0.25, 0.3) is 0 Å². The molecule has 10 nitrogen and oxygen atoms in total. The van der Waals surface area contributed by atoms with E-state index in [0.29, 0.717) is 29.2 Å². The van der Waals surface area contributed by atoms with Crippen molar-refractivity contribution in [3.05, 3.63) is 41.9 Å². The van der Waals surface area contributed by atoms with Gasteiger partial charge in [-0.1, -0.05) is 0 Å². The van der Waals surface area contributed by atoms with Crippen LogP contribution < -0.4 is 10.5 Å². The van der Waals surface area contributed by atoms with Gasteiger partial charge in [0.15, 0.2) is 6.79 Å². The maximum Gasteiger partial charge on any atom is 0.410 e. The Bertz CT molecular complexity index is 1410. The van der Waals surface area contributed by atoms with Gasteiger partial charge in [-0.15, -0.1) is 0 Å². The van der Waals surface area contributed by atoms with Crippen LogP contribution in [0.1, 0.15) is 63.8 Å². The number of ether oxygens (including phenoxy) is 3. The average Bonchev–Trinajstić information content (AvgIpc) is 3.66. The van der Waals surface area contributed by atoms with Gasteiger partial charge >= 0.3 is 6.09 Å². The second-order valence-corrected chi connectivity index (χ2v) is 11.3. The minimum Gasteiger partial charge on any atom is -0.467 e. The first-order valence-electron chi connectivity index (χ1n) is 13.2. The molecule has 1 saturated heterocycles. The molecule has 5 rings (SSSR count). The number of hydrogen-bond donors (Lipinski definition) is 1. The highest BCUT2D eigenvalue weighted by Gasteiger charge is 2.54. The number of methoxy groups -OCH3 is 1. The lowest BCUT2D eigenvalue weighted by atomic mass is 9.88. The minimum absolute atomic E-state index is 0.0853. The molecule has 1 unspecified atom stereocenters. The van der Waals surface area contributed by atoms with Crippen molar-refractivity contribution >= 4 is 29.0 Å². The second kappa shape index (κ2) is 10.4. The number of aliphatic imine (C=N–C) groups is 1. The Morgan fingerprint density at radius 1 is 1.23 bits per heavy atom. The van der Waals surface area contributed by atoms with Gasteiger partial charge in [-0.3, -0.25) is 4.99 Å². The number of likely N-dealkylation sites (tertiary alicyclic amines) is 1. The van der Waals surface area contributed by atoms with E-state index in [1.165, 1.54) is 0 Å². The first kappa shape index (κ1) is 26.8. The summed E-state index contributed by atoms with van der Waals surface area (Å²) in [4.78, 5) is 33.3. The summed E-state index contributed by atoms with van der Waals surface area (Å²) in [5, 5.41) is 0. The molecule has 0 radical (unpaired) electrons. The van der Waals surface area contributed by atoms with Crippen molar-refractivity contribution in [1.29, 1.82) is 0 Å². The predicted octanol–water partition coefficient (Wildman–Crippen LogP) is 4.95. The first-order chi connectivity index (χ1) is 18.6. The third kappa shape index (κ3) is 5.66. The van der Waals surface area contributed by atoms with Crippen molar-refractivity contribution in [1.82, 2.24) is 19.9 Å². The van der Waals surface area contributed by atoms with Crippen LogP contribution in [0.4, 0.5) is 10.5 Å².